The van der Waals surface area contributed by atoms with Crippen molar-refractivity contribution in [1.82, 2.24) is 4.90 Å². The van der Waals surface area contributed by atoms with E-state index < -0.39 is 5.54 Å². The minimum absolute atomic E-state index is 0.186. The van der Waals surface area contributed by atoms with Crippen molar-refractivity contribution in [3.05, 3.63) is 0 Å². The molecule has 116 valence electrons. The molecule has 4 nitrogen and oxygen atoms in total. The first-order valence-electron chi connectivity index (χ1n) is 8.28. The van der Waals surface area contributed by atoms with E-state index in [1.807, 2.05) is 6.92 Å². The fourth-order valence-electron chi connectivity index (χ4n) is 3.85. The molecule has 2 aliphatic rings. The first-order valence-corrected chi connectivity index (χ1v) is 8.28. The van der Waals surface area contributed by atoms with Crippen molar-refractivity contribution >= 4 is 5.97 Å². The SMILES string of the molecule is CCOC(=O)C1(N)CCCC1CCN1CCCCC1C. The van der Waals surface area contributed by atoms with Gasteiger partial charge in [0.2, 0.25) is 0 Å². The molecule has 1 heterocycles. The van der Waals surface area contributed by atoms with Crippen molar-refractivity contribution in [2.24, 2.45) is 11.7 Å². The second kappa shape index (κ2) is 6.90. The van der Waals surface area contributed by atoms with E-state index in [9.17, 15) is 4.79 Å². The van der Waals surface area contributed by atoms with E-state index in [-0.39, 0.29) is 11.9 Å². The number of rotatable bonds is 5. The van der Waals surface area contributed by atoms with E-state index in [1.54, 1.807) is 0 Å². The lowest BCUT2D eigenvalue weighted by molar-refractivity contribution is -0.151. The molecule has 4 heteroatoms. The minimum atomic E-state index is -0.727. The molecule has 3 atom stereocenters. The summed E-state index contributed by atoms with van der Waals surface area (Å²) in [6.07, 6.45) is 7.89. The first kappa shape index (κ1) is 15.8. The van der Waals surface area contributed by atoms with Gasteiger partial charge in [0, 0.05) is 6.04 Å². The fraction of sp³-hybridized carbons (Fsp3) is 0.938. The summed E-state index contributed by atoms with van der Waals surface area (Å²) in [6, 6.07) is 0.680. The average molecular weight is 282 g/mol. The molecule has 1 aliphatic carbocycles. The third-order valence-corrected chi connectivity index (χ3v) is 5.23. The summed E-state index contributed by atoms with van der Waals surface area (Å²) in [6.45, 7) is 6.86. The van der Waals surface area contributed by atoms with Gasteiger partial charge in [-0.25, -0.2) is 0 Å². The smallest absolute Gasteiger partial charge is 0.326 e. The Balaban J connectivity index is 1.89. The topological polar surface area (TPSA) is 55.6 Å². The summed E-state index contributed by atoms with van der Waals surface area (Å²) in [7, 11) is 0. The zero-order valence-corrected chi connectivity index (χ0v) is 13.1. The van der Waals surface area contributed by atoms with Gasteiger partial charge >= 0.3 is 5.97 Å². The van der Waals surface area contributed by atoms with Gasteiger partial charge < -0.3 is 15.4 Å². The van der Waals surface area contributed by atoms with E-state index in [2.05, 4.69) is 11.8 Å². The van der Waals surface area contributed by atoms with E-state index in [1.165, 1.54) is 25.8 Å². The van der Waals surface area contributed by atoms with Crippen LogP contribution in [0.15, 0.2) is 0 Å². The Bertz CT molecular complexity index is 334. The molecule has 1 aliphatic heterocycles. The van der Waals surface area contributed by atoms with Gasteiger partial charge in [0.25, 0.3) is 0 Å². The lowest BCUT2D eigenvalue weighted by Gasteiger charge is -2.36. The molecular formula is C16H30N2O2. The molecule has 0 bridgehead atoms. The van der Waals surface area contributed by atoms with Crippen molar-refractivity contribution in [3.63, 3.8) is 0 Å². The first-order chi connectivity index (χ1) is 9.58. The molecule has 0 aromatic carbocycles. The molecule has 20 heavy (non-hydrogen) atoms. The van der Waals surface area contributed by atoms with Gasteiger partial charge in [-0.3, -0.25) is 4.79 Å². The molecule has 0 amide bonds. The van der Waals surface area contributed by atoms with Crippen LogP contribution in [-0.2, 0) is 9.53 Å². The van der Waals surface area contributed by atoms with Crippen LogP contribution in [-0.4, -0.2) is 42.1 Å². The maximum atomic E-state index is 12.1. The number of carbonyl (C=O) groups is 1. The number of esters is 1. The molecule has 2 fully saturated rings. The molecule has 0 aromatic rings. The Morgan fingerprint density at radius 3 is 2.85 bits per heavy atom. The standard InChI is InChI=1S/C16H30N2O2/c1-3-20-15(19)16(17)10-6-8-14(16)9-12-18-11-5-4-7-13(18)2/h13-14H,3-12,17H2,1-2H3. The molecule has 1 saturated carbocycles. The van der Waals surface area contributed by atoms with Crippen LogP contribution in [0, 0.1) is 5.92 Å². The van der Waals surface area contributed by atoms with Gasteiger partial charge in [0.05, 0.1) is 6.61 Å². The molecule has 3 unspecified atom stereocenters. The molecule has 0 spiro atoms. The third kappa shape index (κ3) is 3.34. The van der Waals surface area contributed by atoms with Crippen molar-refractivity contribution in [1.29, 1.82) is 0 Å². The van der Waals surface area contributed by atoms with Crippen LogP contribution in [0.25, 0.3) is 0 Å². The second-order valence-corrected chi connectivity index (χ2v) is 6.52. The number of nitrogens with two attached hydrogens (primary N) is 1. The fourth-order valence-corrected chi connectivity index (χ4v) is 3.85. The molecule has 2 N–H and O–H groups in total. The maximum absolute atomic E-state index is 12.1. The highest BCUT2D eigenvalue weighted by Gasteiger charge is 2.46. The number of piperidine rings is 1. The zero-order valence-electron chi connectivity index (χ0n) is 13.1. The highest BCUT2D eigenvalue weighted by Crippen LogP contribution is 2.37. The summed E-state index contributed by atoms with van der Waals surface area (Å²) < 4.78 is 5.19. The Labute approximate surface area is 123 Å². The van der Waals surface area contributed by atoms with E-state index in [0.29, 0.717) is 12.6 Å². The molecule has 0 radical (unpaired) electrons. The lowest BCUT2D eigenvalue weighted by Crippen LogP contribution is -2.53. The monoisotopic (exact) mass is 282 g/mol. The summed E-state index contributed by atoms with van der Waals surface area (Å²) in [5, 5.41) is 0. The van der Waals surface area contributed by atoms with Crippen molar-refractivity contribution < 1.29 is 9.53 Å². The summed E-state index contributed by atoms with van der Waals surface area (Å²) in [5.41, 5.74) is 5.66. The van der Waals surface area contributed by atoms with Gasteiger partial charge in [0.15, 0.2) is 0 Å². The number of hydrogen-bond donors (Lipinski definition) is 1. The van der Waals surface area contributed by atoms with Gasteiger partial charge in [-0.2, -0.15) is 0 Å². The Morgan fingerprint density at radius 1 is 1.35 bits per heavy atom. The largest absolute Gasteiger partial charge is 0.465 e. The van der Waals surface area contributed by atoms with Crippen LogP contribution >= 0.6 is 0 Å². The van der Waals surface area contributed by atoms with Crippen LogP contribution < -0.4 is 5.73 Å². The van der Waals surface area contributed by atoms with Crippen molar-refractivity contribution in [2.75, 3.05) is 19.7 Å². The molecule has 2 rings (SSSR count). The second-order valence-electron chi connectivity index (χ2n) is 6.52. The van der Waals surface area contributed by atoms with Crippen LogP contribution in [0.3, 0.4) is 0 Å². The molecular weight excluding hydrogens is 252 g/mol. The van der Waals surface area contributed by atoms with E-state index >= 15 is 0 Å². The number of carbonyl (C=O) groups excluding carboxylic acids is 1. The normalized spacial score (nSPS) is 35.1. The zero-order chi connectivity index (χ0) is 14.6. The van der Waals surface area contributed by atoms with E-state index in [0.717, 1.165) is 32.2 Å². The Kier molecular flexibility index (Phi) is 5.44. The van der Waals surface area contributed by atoms with Crippen LogP contribution in [0.4, 0.5) is 0 Å². The third-order valence-electron chi connectivity index (χ3n) is 5.23. The highest BCUT2D eigenvalue weighted by molar-refractivity contribution is 5.81. The average Bonchev–Trinajstić information content (AvgIpc) is 2.81. The van der Waals surface area contributed by atoms with Crippen LogP contribution in [0.2, 0.25) is 0 Å². The Morgan fingerprint density at radius 2 is 2.15 bits per heavy atom. The molecule has 1 saturated heterocycles. The van der Waals surface area contributed by atoms with E-state index in [4.69, 9.17) is 10.5 Å². The van der Waals surface area contributed by atoms with Gasteiger partial charge in [-0.05, 0) is 65.0 Å². The minimum Gasteiger partial charge on any atom is -0.465 e. The van der Waals surface area contributed by atoms with Crippen LogP contribution in [0.1, 0.15) is 58.8 Å². The number of likely N-dealkylation sites (tertiary alicyclic amines) is 1. The lowest BCUT2D eigenvalue weighted by atomic mass is 9.85. The highest BCUT2D eigenvalue weighted by atomic mass is 16.5. The maximum Gasteiger partial charge on any atom is 0.326 e. The molecule has 0 aromatic heterocycles. The summed E-state index contributed by atoms with van der Waals surface area (Å²) in [4.78, 5) is 14.7. The summed E-state index contributed by atoms with van der Waals surface area (Å²) in [5.74, 6) is 0.102. The van der Waals surface area contributed by atoms with Crippen molar-refractivity contribution in [2.45, 2.75) is 70.4 Å². The van der Waals surface area contributed by atoms with Gasteiger partial charge in [-0.1, -0.05) is 12.8 Å². The van der Waals surface area contributed by atoms with Crippen molar-refractivity contribution in [3.8, 4) is 0 Å². The van der Waals surface area contributed by atoms with Gasteiger partial charge in [-0.15, -0.1) is 0 Å². The van der Waals surface area contributed by atoms with Crippen LogP contribution in [0.5, 0.6) is 0 Å². The predicted molar refractivity (Wildman–Crippen MR) is 80.4 cm³/mol. The number of hydrogen-bond acceptors (Lipinski definition) is 4. The number of ether oxygens (including phenoxy) is 1. The number of nitrogens with zero attached hydrogens (tertiary/aromatic N) is 1. The quantitative estimate of drug-likeness (QED) is 0.786. The van der Waals surface area contributed by atoms with Gasteiger partial charge in [0.1, 0.15) is 5.54 Å². The Hall–Kier alpha value is -0.610. The predicted octanol–water partition coefficient (Wildman–Crippen LogP) is 2.31. The summed E-state index contributed by atoms with van der Waals surface area (Å²) >= 11 is 0.